The molecular weight excluding hydrogens is 426 g/mol. The molecule has 2 aromatic heterocycles. The molecule has 0 radical (unpaired) electrons. The number of halogens is 1. The van der Waals surface area contributed by atoms with Crippen LogP contribution in [0, 0.1) is 11.3 Å². The number of rotatable bonds is 8. The van der Waals surface area contributed by atoms with Crippen LogP contribution in [0.2, 0.25) is 5.02 Å². The highest BCUT2D eigenvalue weighted by atomic mass is 35.5. The lowest BCUT2D eigenvalue weighted by molar-refractivity contribution is -0.131. The standard InChI is InChI=1S/C19H18ClN7O2S/c20-14-3-1-2-4-16(14)30-11-17(28)27(10-12-5-6-13(7-21)24-9-12)15(8-22)18-25-26-19(23)29-18/h1-6,9,15H,8,10-11,22H2,(H2,23,26)/t15-/m0/s1. The molecule has 0 aliphatic carbocycles. The van der Waals surface area contributed by atoms with Crippen LogP contribution in [0.3, 0.4) is 0 Å². The van der Waals surface area contributed by atoms with Crippen LogP contribution in [0.25, 0.3) is 0 Å². The number of pyridine rings is 1. The molecule has 2 heterocycles. The summed E-state index contributed by atoms with van der Waals surface area (Å²) in [7, 11) is 0. The van der Waals surface area contributed by atoms with E-state index in [2.05, 4.69) is 15.2 Å². The van der Waals surface area contributed by atoms with E-state index in [1.807, 2.05) is 24.3 Å². The Bertz CT molecular complexity index is 1050. The maximum Gasteiger partial charge on any atom is 0.312 e. The SMILES string of the molecule is N#Cc1ccc(CN(C(=O)CSc2ccccc2Cl)[C@@H](CN)c2nnc(N)o2)cn1. The Balaban J connectivity index is 1.84. The van der Waals surface area contributed by atoms with Gasteiger partial charge in [0, 0.05) is 24.2 Å². The molecular formula is C19H18ClN7O2S. The van der Waals surface area contributed by atoms with Gasteiger partial charge in [-0.3, -0.25) is 4.79 Å². The molecule has 0 bridgehead atoms. The Morgan fingerprint density at radius 1 is 1.30 bits per heavy atom. The molecule has 3 aromatic rings. The number of hydrogen-bond donors (Lipinski definition) is 2. The van der Waals surface area contributed by atoms with Crippen molar-refractivity contribution in [1.82, 2.24) is 20.1 Å². The monoisotopic (exact) mass is 443 g/mol. The normalized spacial score (nSPS) is 11.6. The van der Waals surface area contributed by atoms with Crippen molar-refractivity contribution in [3.8, 4) is 6.07 Å². The second kappa shape index (κ2) is 10.1. The summed E-state index contributed by atoms with van der Waals surface area (Å²) in [4.78, 5) is 19.5. The summed E-state index contributed by atoms with van der Waals surface area (Å²) in [5.74, 6) is 0.0531. The van der Waals surface area contributed by atoms with Crippen LogP contribution >= 0.6 is 23.4 Å². The number of carbonyl (C=O) groups is 1. The zero-order valence-electron chi connectivity index (χ0n) is 15.7. The van der Waals surface area contributed by atoms with Gasteiger partial charge in [-0.2, -0.15) is 5.26 Å². The van der Waals surface area contributed by atoms with Crippen LogP contribution in [0.1, 0.15) is 23.2 Å². The summed E-state index contributed by atoms with van der Waals surface area (Å²) < 4.78 is 5.32. The molecule has 0 spiro atoms. The van der Waals surface area contributed by atoms with Crippen LogP contribution in [-0.2, 0) is 11.3 Å². The molecule has 1 amide bonds. The molecule has 0 saturated carbocycles. The Morgan fingerprint density at radius 3 is 2.70 bits per heavy atom. The predicted molar refractivity (Wildman–Crippen MR) is 112 cm³/mol. The lowest BCUT2D eigenvalue weighted by atomic mass is 10.2. The minimum absolute atomic E-state index is 0.0494. The average molecular weight is 444 g/mol. The smallest absolute Gasteiger partial charge is 0.312 e. The Morgan fingerprint density at radius 2 is 2.10 bits per heavy atom. The Hall–Kier alpha value is -3.13. The molecule has 1 aromatic carbocycles. The Kier molecular flexibility index (Phi) is 7.24. The van der Waals surface area contributed by atoms with Gasteiger partial charge in [0.1, 0.15) is 17.8 Å². The van der Waals surface area contributed by atoms with Crippen molar-refractivity contribution >= 4 is 35.3 Å². The van der Waals surface area contributed by atoms with Gasteiger partial charge in [0.05, 0.1) is 10.8 Å². The third-order valence-corrected chi connectivity index (χ3v) is 5.64. The van der Waals surface area contributed by atoms with Crippen molar-refractivity contribution in [2.75, 3.05) is 18.0 Å². The van der Waals surface area contributed by atoms with Gasteiger partial charge in [0.15, 0.2) is 0 Å². The maximum absolute atomic E-state index is 13.1. The van der Waals surface area contributed by atoms with Gasteiger partial charge >= 0.3 is 6.01 Å². The molecule has 1 atom stereocenters. The summed E-state index contributed by atoms with van der Waals surface area (Å²) in [6.07, 6.45) is 1.54. The first-order valence-corrected chi connectivity index (χ1v) is 10.2. The number of nitrogen functional groups attached to an aromatic ring is 1. The van der Waals surface area contributed by atoms with Crippen LogP contribution in [0.4, 0.5) is 6.01 Å². The number of nitrogens with two attached hydrogens (primary N) is 2. The largest absolute Gasteiger partial charge is 0.406 e. The predicted octanol–water partition coefficient (Wildman–Crippen LogP) is 2.39. The summed E-state index contributed by atoms with van der Waals surface area (Å²) in [5.41, 5.74) is 12.5. The number of thioether (sulfide) groups is 1. The Labute approximate surface area is 182 Å². The molecule has 0 saturated heterocycles. The van der Waals surface area contributed by atoms with Gasteiger partial charge in [-0.15, -0.1) is 16.9 Å². The average Bonchev–Trinajstić information content (AvgIpc) is 3.19. The summed E-state index contributed by atoms with van der Waals surface area (Å²) in [5, 5.41) is 17.0. The van der Waals surface area contributed by atoms with Gasteiger partial charge < -0.3 is 20.8 Å². The zero-order chi connectivity index (χ0) is 21.5. The van der Waals surface area contributed by atoms with Gasteiger partial charge in [-0.1, -0.05) is 34.9 Å². The maximum atomic E-state index is 13.1. The zero-order valence-corrected chi connectivity index (χ0v) is 17.3. The molecule has 9 nitrogen and oxygen atoms in total. The minimum Gasteiger partial charge on any atom is -0.406 e. The molecule has 3 rings (SSSR count). The topological polar surface area (TPSA) is 148 Å². The number of nitrogens with zero attached hydrogens (tertiary/aromatic N) is 5. The first-order valence-electron chi connectivity index (χ1n) is 8.82. The minimum atomic E-state index is -0.676. The van der Waals surface area contributed by atoms with Crippen molar-refractivity contribution in [3.63, 3.8) is 0 Å². The third-order valence-electron chi connectivity index (χ3n) is 4.14. The van der Waals surface area contributed by atoms with E-state index in [0.717, 1.165) is 10.5 Å². The van der Waals surface area contributed by atoms with Gasteiger partial charge in [0.25, 0.3) is 0 Å². The lowest BCUT2D eigenvalue weighted by Crippen LogP contribution is -2.39. The number of carbonyl (C=O) groups excluding carboxylic acids is 1. The first-order chi connectivity index (χ1) is 14.5. The van der Waals surface area contributed by atoms with Crippen LogP contribution in [0.5, 0.6) is 0 Å². The summed E-state index contributed by atoms with van der Waals surface area (Å²) in [6, 6.07) is 11.8. The number of nitriles is 1. The fourth-order valence-electron chi connectivity index (χ4n) is 2.68. The first kappa shape index (κ1) is 21.6. The third kappa shape index (κ3) is 5.27. The number of hydrogen-bond acceptors (Lipinski definition) is 9. The van der Waals surface area contributed by atoms with E-state index in [-0.39, 0.29) is 42.3 Å². The summed E-state index contributed by atoms with van der Waals surface area (Å²) >= 11 is 7.50. The van der Waals surface area contributed by atoms with Crippen LogP contribution < -0.4 is 11.5 Å². The van der Waals surface area contributed by atoms with Crippen molar-refractivity contribution in [2.45, 2.75) is 17.5 Å². The highest BCUT2D eigenvalue weighted by Crippen LogP contribution is 2.29. The molecule has 0 aliphatic heterocycles. The van der Waals surface area contributed by atoms with Crippen LogP contribution in [0.15, 0.2) is 51.9 Å². The van der Waals surface area contributed by atoms with Crippen molar-refractivity contribution in [3.05, 3.63) is 64.8 Å². The molecule has 0 fully saturated rings. The molecule has 0 unspecified atom stereocenters. The molecule has 0 aliphatic rings. The van der Waals surface area contributed by atoms with E-state index < -0.39 is 6.04 Å². The van der Waals surface area contributed by atoms with Gasteiger partial charge in [-0.25, -0.2) is 4.98 Å². The van der Waals surface area contributed by atoms with E-state index in [1.165, 1.54) is 22.9 Å². The van der Waals surface area contributed by atoms with E-state index in [0.29, 0.717) is 5.02 Å². The van der Waals surface area contributed by atoms with Crippen molar-refractivity contribution < 1.29 is 9.21 Å². The summed E-state index contributed by atoms with van der Waals surface area (Å²) in [6.45, 7) is 0.235. The fraction of sp³-hybridized carbons (Fsp3) is 0.211. The van der Waals surface area contributed by atoms with Gasteiger partial charge in [-0.05, 0) is 23.8 Å². The number of aromatic nitrogens is 3. The highest BCUT2D eigenvalue weighted by Gasteiger charge is 2.29. The van der Waals surface area contributed by atoms with Crippen LogP contribution in [-0.4, -0.2) is 38.3 Å². The molecule has 11 heteroatoms. The van der Waals surface area contributed by atoms with E-state index in [1.54, 1.807) is 18.2 Å². The number of amides is 1. The lowest BCUT2D eigenvalue weighted by Gasteiger charge is -2.28. The number of anilines is 1. The van der Waals surface area contributed by atoms with Gasteiger partial charge in [0.2, 0.25) is 11.8 Å². The molecule has 4 N–H and O–H groups in total. The quantitative estimate of drug-likeness (QED) is 0.500. The van der Waals surface area contributed by atoms with E-state index in [9.17, 15) is 4.79 Å². The van der Waals surface area contributed by atoms with E-state index >= 15 is 0 Å². The van der Waals surface area contributed by atoms with Crippen molar-refractivity contribution in [1.29, 1.82) is 5.26 Å². The molecule has 30 heavy (non-hydrogen) atoms. The number of benzene rings is 1. The second-order valence-electron chi connectivity index (χ2n) is 6.13. The fourth-order valence-corrected chi connectivity index (χ4v) is 3.80. The highest BCUT2D eigenvalue weighted by molar-refractivity contribution is 8.00. The molecule has 154 valence electrons. The van der Waals surface area contributed by atoms with E-state index in [4.69, 9.17) is 32.7 Å². The van der Waals surface area contributed by atoms with Crippen molar-refractivity contribution in [2.24, 2.45) is 5.73 Å². The second-order valence-corrected chi connectivity index (χ2v) is 7.56.